The third kappa shape index (κ3) is 2.33. The Morgan fingerprint density at radius 1 is 1.50 bits per heavy atom. The summed E-state index contributed by atoms with van der Waals surface area (Å²) in [6.45, 7) is 5.87. The van der Waals surface area contributed by atoms with Gasteiger partial charge < -0.3 is 5.73 Å². The average molecular weight is 235 g/mol. The molecule has 86 valence electrons. The van der Waals surface area contributed by atoms with Gasteiger partial charge in [-0.05, 0) is 17.4 Å². The van der Waals surface area contributed by atoms with Gasteiger partial charge in [-0.1, -0.05) is 19.9 Å². The Kier molecular flexibility index (Phi) is 3.41. The second-order valence-electron chi connectivity index (χ2n) is 4.30. The van der Waals surface area contributed by atoms with Crippen LogP contribution in [0.1, 0.15) is 19.4 Å². The first-order valence-electron chi connectivity index (χ1n) is 5.51. The Morgan fingerprint density at radius 3 is 2.88 bits per heavy atom. The molecule has 2 rings (SSSR count). The lowest BCUT2D eigenvalue weighted by Crippen LogP contribution is -2.04. The number of hydrogen-bond acceptors (Lipinski definition) is 3. The fourth-order valence-electron chi connectivity index (χ4n) is 1.70. The van der Waals surface area contributed by atoms with Gasteiger partial charge >= 0.3 is 0 Å². The van der Waals surface area contributed by atoms with Gasteiger partial charge in [-0.25, -0.2) is 0 Å². The minimum Gasteiger partial charge on any atom is -0.326 e. The highest BCUT2D eigenvalue weighted by atomic mass is 32.1. The van der Waals surface area contributed by atoms with Crippen molar-refractivity contribution >= 4 is 11.3 Å². The number of rotatable bonds is 4. The Bertz CT molecular complexity index is 443. The molecule has 2 N–H and O–H groups in total. The topological polar surface area (TPSA) is 43.8 Å². The van der Waals surface area contributed by atoms with Crippen molar-refractivity contribution in [3.05, 3.63) is 29.3 Å². The standard InChI is InChI=1S/C12H17N3S/c1-9(2)7-15-8-10(6-13)12(14-15)11-4-3-5-16-11/h3-5,8-9H,6-7,13H2,1-2H3. The van der Waals surface area contributed by atoms with Gasteiger partial charge in [-0.3, -0.25) is 4.68 Å². The van der Waals surface area contributed by atoms with Gasteiger partial charge in [0.1, 0.15) is 5.69 Å². The molecule has 2 heterocycles. The lowest BCUT2D eigenvalue weighted by molar-refractivity contribution is 0.484. The highest BCUT2D eigenvalue weighted by molar-refractivity contribution is 7.13. The van der Waals surface area contributed by atoms with Crippen LogP contribution in [0.25, 0.3) is 10.6 Å². The average Bonchev–Trinajstić information content (AvgIpc) is 2.83. The van der Waals surface area contributed by atoms with Crippen LogP contribution in [0, 0.1) is 5.92 Å². The lowest BCUT2D eigenvalue weighted by atomic mass is 10.2. The maximum absolute atomic E-state index is 5.75. The Labute approximate surface area is 99.9 Å². The van der Waals surface area contributed by atoms with Crippen LogP contribution in [0.3, 0.4) is 0 Å². The molecule has 0 radical (unpaired) electrons. The molecule has 0 aliphatic rings. The van der Waals surface area contributed by atoms with Crippen molar-refractivity contribution in [3.63, 3.8) is 0 Å². The van der Waals surface area contributed by atoms with Crippen molar-refractivity contribution in [1.29, 1.82) is 0 Å². The van der Waals surface area contributed by atoms with Crippen molar-refractivity contribution in [2.45, 2.75) is 26.9 Å². The maximum Gasteiger partial charge on any atom is 0.107 e. The van der Waals surface area contributed by atoms with Gasteiger partial charge in [-0.2, -0.15) is 5.10 Å². The maximum atomic E-state index is 5.75. The molecule has 0 aromatic carbocycles. The molecule has 3 nitrogen and oxygen atoms in total. The Hall–Kier alpha value is -1.13. The van der Waals surface area contributed by atoms with E-state index in [9.17, 15) is 0 Å². The summed E-state index contributed by atoms with van der Waals surface area (Å²) < 4.78 is 2.00. The summed E-state index contributed by atoms with van der Waals surface area (Å²) in [6, 6.07) is 4.13. The summed E-state index contributed by atoms with van der Waals surface area (Å²) in [7, 11) is 0. The predicted octanol–water partition coefficient (Wildman–Crippen LogP) is 2.73. The van der Waals surface area contributed by atoms with E-state index >= 15 is 0 Å². The third-order valence-electron chi connectivity index (χ3n) is 2.36. The second-order valence-corrected chi connectivity index (χ2v) is 5.25. The van der Waals surface area contributed by atoms with E-state index < -0.39 is 0 Å². The number of thiophene rings is 1. The van der Waals surface area contributed by atoms with E-state index in [0.717, 1.165) is 17.8 Å². The molecule has 0 aliphatic carbocycles. The quantitative estimate of drug-likeness (QED) is 0.885. The molecule has 4 heteroatoms. The molecular formula is C12H17N3S. The van der Waals surface area contributed by atoms with Crippen LogP contribution in [0.15, 0.2) is 23.7 Å². The summed E-state index contributed by atoms with van der Waals surface area (Å²) >= 11 is 1.71. The molecule has 0 saturated heterocycles. The van der Waals surface area contributed by atoms with Crippen LogP contribution in [0.4, 0.5) is 0 Å². The van der Waals surface area contributed by atoms with E-state index in [1.165, 1.54) is 4.88 Å². The summed E-state index contributed by atoms with van der Waals surface area (Å²) in [5.74, 6) is 0.599. The van der Waals surface area contributed by atoms with Gasteiger partial charge in [0.05, 0.1) is 4.88 Å². The fraction of sp³-hybridized carbons (Fsp3) is 0.417. The molecular weight excluding hydrogens is 218 g/mol. The third-order valence-corrected chi connectivity index (χ3v) is 3.24. The van der Waals surface area contributed by atoms with Gasteiger partial charge in [0.15, 0.2) is 0 Å². The zero-order valence-electron chi connectivity index (χ0n) is 9.68. The molecule has 16 heavy (non-hydrogen) atoms. The molecule has 2 aromatic rings. The van der Waals surface area contributed by atoms with Crippen LogP contribution in [0.5, 0.6) is 0 Å². The van der Waals surface area contributed by atoms with Crippen LogP contribution >= 0.6 is 11.3 Å². The number of hydrogen-bond donors (Lipinski definition) is 1. The molecule has 0 aliphatic heterocycles. The van der Waals surface area contributed by atoms with Crippen LogP contribution in [0.2, 0.25) is 0 Å². The minimum atomic E-state index is 0.547. The van der Waals surface area contributed by atoms with E-state index in [0.29, 0.717) is 12.5 Å². The second kappa shape index (κ2) is 4.80. The monoisotopic (exact) mass is 235 g/mol. The van der Waals surface area contributed by atoms with E-state index in [-0.39, 0.29) is 0 Å². The highest BCUT2D eigenvalue weighted by Gasteiger charge is 2.11. The molecule has 2 aromatic heterocycles. The molecule has 0 amide bonds. The molecule has 0 saturated carbocycles. The van der Waals surface area contributed by atoms with E-state index in [4.69, 9.17) is 5.73 Å². The predicted molar refractivity (Wildman–Crippen MR) is 68.3 cm³/mol. The fourth-order valence-corrected chi connectivity index (χ4v) is 2.44. The van der Waals surface area contributed by atoms with E-state index in [2.05, 4.69) is 36.6 Å². The molecule has 0 spiro atoms. The number of nitrogens with two attached hydrogens (primary N) is 1. The molecule has 0 atom stereocenters. The van der Waals surface area contributed by atoms with Crippen LogP contribution in [-0.2, 0) is 13.1 Å². The van der Waals surface area contributed by atoms with Crippen molar-refractivity contribution in [3.8, 4) is 10.6 Å². The van der Waals surface area contributed by atoms with Crippen LogP contribution in [-0.4, -0.2) is 9.78 Å². The van der Waals surface area contributed by atoms with E-state index in [1.807, 2.05) is 10.7 Å². The van der Waals surface area contributed by atoms with Crippen molar-refractivity contribution in [2.24, 2.45) is 11.7 Å². The Balaban J connectivity index is 2.33. The molecule has 0 fully saturated rings. The first-order valence-corrected chi connectivity index (χ1v) is 6.39. The van der Waals surface area contributed by atoms with Gasteiger partial charge in [0.25, 0.3) is 0 Å². The summed E-state index contributed by atoms with van der Waals surface area (Å²) in [6.07, 6.45) is 2.06. The van der Waals surface area contributed by atoms with E-state index in [1.54, 1.807) is 11.3 Å². The first kappa shape index (κ1) is 11.4. The van der Waals surface area contributed by atoms with Crippen LogP contribution < -0.4 is 5.73 Å². The van der Waals surface area contributed by atoms with Gasteiger partial charge in [0, 0.05) is 24.8 Å². The first-order chi connectivity index (χ1) is 7.70. The zero-order chi connectivity index (χ0) is 11.5. The summed E-state index contributed by atoms with van der Waals surface area (Å²) in [5.41, 5.74) is 7.92. The van der Waals surface area contributed by atoms with Gasteiger partial charge in [0.2, 0.25) is 0 Å². The minimum absolute atomic E-state index is 0.547. The zero-order valence-corrected chi connectivity index (χ0v) is 10.5. The van der Waals surface area contributed by atoms with Crippen molar-refractivity contribution in [1.82, 2.24) is 9.78 Å². The highest BCUT2D eigenvalue weighted by Crippen LogP contribution is 2.26. The number of aromatic nitrogens is 2. The number of nitrogens with zero attached hydrogens (tertiary/aromatic N) is 2. The summed E-state index contributed by atoms with van der Waals surface area (Å²) in [4.78, 5) is 1.20. The van der Waals surface area contributed by atoms with Crippen molar-refractivity contribution < 1.29 is 0 Å². The lowest BCUT2D eigenvalue weighted by Gasteiger charge is -2.03. The molecule has 0 bridgehead atoms. The Morgan fingerprint density at radius 2 is 2.31 bits per heavy atom. The largest absolute Gasteiger partial charge is 0.326 e. The van der Waals surface area contributed by atoms with Gasteiger partial charge in [-0.15, -0.1) is 11.3 Å². The normalized spacial score (nSPS) is 11.2. The van der Waals surface area contributed by atoms with Crippen molar-refractivity contribution in [2.75, 3.05) is 0 Å². The summed E-state index contributed by atoms with van der Waals surface area (Å²) in [5, 5.41) is 6.68. The smallest absolute Gasteiger partial charge is 0.107 e. The molecule has 0 unspecified atom stereocenters. The SMILES string of the molecule is CC(C)Cn1cc(CN)c(-c2cccs2)n1.